The lowest BCUT2D eigenvalue weighted by Crippen LogP contribution is -2.24. The Morgan fingerprint density at radius 2 is 1.84 bits per heavy atom. The lowest BCUT2D eigenvalue weighted by molar-refractivity contribution is 0.0953. The van der Waals surface area contributed by atoms with Gasteiger partial charge in [0, 0.05) is 43.3 Å². The third kappa shape index (κ3) is 4.62. The molecular formula is C25H24N4O3. The van der Waals surface area contributed by atoms with Crippen molar-refractivity contribution < 1.29 is 14.3 Å². The zero-order valence-corrected chi connectivity index (χ0v) is 17.9. The molecule has 2 amide bonds. The van der Waals surface area contributed by atoms with Gasteiger partial charge in [-0.15, -0.1) is 0 Å². The molecule has 0 fully saturated rings. The Kier molecular flexibility index (Phi) is 6.17. The molecule has 4 rings (SSSR count). The minimum atomic E-state index is -0.282. The summed E-state index contributed by atoms with van der Waals surface area (Å²) in [5.41, 5.74) is 2.77. The summed E-state index contributed by atoms with van der Waals surface area (Å²) in [6.07, 6.45) is 7.27. The molecule has 0 unspecified atom stereocenters. The highest BCUT2D eigenvalue weighted by atomic mass is 16.5. The molecule has 1 aliphatic rings. The van der Waals surface area contributed by atoms with Crippen LogP contribution < -0.4 is 20.7 Å². The van der Waals surface area contributed by atoms with E-state index < -0.39 is 0 Å². The minimum absolute atomic E-state index is 0.141. The van der Waals surface area contributed by atoms with Crippen LogP contribution in [0, 0.1) is 0 Å². The largest absolute Gasteiger partial charge is 0.457 e. The molecule has 3 N–H and O–H groups in total. The number of carbonyl (C=O) groups excluding carboxylic acids is 2. The van der Waals surface area contributed by atoms with Crippen LogP contribution >= 0.6 is 0 Å². The molecule has 162 valence electrons. The van der Waals surface area contributed by atoms with Crippen LogP contribution in [0.15, 0.2) is 78.3 Å². The zero-order valence-electron chi connectivity index (χ0n) is 17.9. The SMILES string of the molecule is CNC(=O)c1cc(Oc2ccc3c(C(=O)NC4=CC(NC)=CCC4)cccc3c2)ccn1. The van der Waals surface area contributed by atoms with Crippen molar-refractivity contribution in [2.24, 2.45) is 0 Å². The van der Waals surface area contributed by atoms with Gasteiger partial charge in [-0.25, -0.2) is 0 Å². The molecule has 0 saturated heterocycles. The molecule has 1 heterocycles. The summed E-state index contributed by atoms with van der Waals surface area (Å²) >= 11 is 0. The van der Waals surface area contributed by atoms with E-state index in [0.29, 0.717) is 17.1 Å². The number of pyridine rings is 1. The first kappa shape index (κ1) is 21.1. The van der Waals surface area contributed by atoms with Gasteiger partial charge >= 0.3 is 0 Å². The summed E-state index contributed by atoms with van der Waals surface area (Å²) in [6, 6.07) is 14.4. The molecule has 32 heavy (non-hydrogen) atoms. The molecule has 1 aliphatic carbocycles. The van der Waals surface area contributed by atoms with Crippen molar-refractivity contribution in [3.8, 4) is 11.5 Å². The van der Waals surface area contributed by atoms with E-state index in [1.165, 1.54) is 6.20 Å². The fraction of sp³-hybridized carbons (Fsp3) is 0.160. The van der Waals surface area contributed by atoms with Crippen LogP contribution in [-0.4, -0.2) is 30.9 Å². The summed E-state index contributed by atoms with van der Waals surface area (Å²) in [5.74, 6) is 0.680. The van der Waals surface area contributed by atoms with Crippen LogP contribution in [0.4, 0.5) is 0 Å². The van der Waals surface area contributed by atoms with E-state index >= 15 is 0 Å². The minimum Gasteiger partial charge on any atom is -0.457 e. The summed E-state index contributed by atoms with van der Waals surface area (Å²) in [7, 11) is 3.42. The third-order valence-electron chi connectivity index (χ3n) is 5.19. The average Bonchev–Trinajstić information content (AvgIpc) is 2.83. The van der Waals surface area contributed by atoms with E-state index in [-0.39, 0.29) is 17.5 Å². The molecule has 7 nitrogen and oxygen atoms in total. The second kappa shape index (κ2) is 9.34. The third-order valence-corrected chi connectivity index (χ3v) is 5.19. The molecule has 0 saturated carbocycles. The predicted octanol–water partition coefficient (Wildman–Crippen LogP) is 3.90. The van der Waals surface area contributed by atoms with Gasteiger partial charge < -0.3 is 20.7 Å². The molecule has 0 spiro atoms. The number of nitrogens with zero attached hydrogens (tertiary/aromatic N) is 1. The number of ether oxygens (including phenoxy) is 1. The van der Waals surface area contributed by atoms with E-state index in [9.17, 15) is 9.59 Å². The Morgan fingerprint density at radius 1 is 1.00 bits per heavy atom. The first-order valence-corrected chi connectivity index (χ1v) is 10.4. The molecule has 7 heteroatoms. The zero-order chi connectivity index (χ0) is 22.5. The van der Waals surface area contributed by atoms with Crippen molar-refractivity contribution in [1.29, 1.82) is 0 Å². The highest BCUT2D eigenvalue weighted by Gasteiger charge is 2.14. The fourth-order valence-corrected chi connectivity index (χ4v) is 3.57. The van der Waals surface area contributed by atoms with Gasteiger partial charge in [0.25, 0.3) is 11.8 Å². The molecule has 0 bridgehead atoms. The Hall–Kier alpha value is -4.13. The van der Waals surface area contributed by atoms with E-state index in [2.05, 4.69) is 27.0 Å². The van der Waals surface area contributed by atoms with Crippen LogP contribution in [-0.2, 0) is 0 Å². The van der Waals surface area contributed by atoms with Gasteiger partial charge in [-0.3, -0.25) is 14.6 Å². The summed E-state index contributed by atoms with van der Waals surface area (Å²) in [6.45, 7) is 0. The number of carbonyl (C=O) groups is 2. The Bertz CT molecular complexity index is 1250. The van der Waals surface area contributed by atoms with Crippen molar-refractivity contribution in [3.63, 3.8) is 0 Å². The van der Waals surface area contributed by atoms with Crippen molar-refractivity contribution in [1.82, 2.24) is 20.9 Å². The fourth-order valence-electron chi connectivity index (χ4n) is 3.57. The van der Waals surface area contributed by atoms with E-state index in [4.69, 9.17) is 4.74 Å². The molecule has 0 atom stereocenters. The van der Waals surface area contributed by atoms with Crippen molar-refractivity contribution >= 4 is 22.6 Å². The second-order valence-corrected chi connectivity index (χ2v) is 7.32. The van der Waals surface area contributed by atoms with Gasteiger partial charge in [0.2, 0.25) is 0 Å². The number of allylic oxidation sites excluding steroid dienone is 3. The highest BCUT2D eigenvalue weighted by Crippen LogP contribution is 2.28. The molecule has 0 aliphatic heterocycles. The molecule has 3 aromatic rings. The summed E-state index contributed by atoms with van der Waals surface area (Å²) < 4.78 is 5.92. The van der Waals surface area contributed by atoms with E-state index in [0.717, 1.165) is 35.0 Å². The second-order valence-electron chi connectivity index (χ2n) is 7.32. The topological polar surface area (TPSA) is 92.3 Å². The van der Waals surface area contributed by atoms with Crippen LogP contribution in [0.5, 0.6) is 11.5 Å². The maximum atomic E-state index is 13.0. The molecule has 2 aromatic carbocycles. The van der Waals surface area contributed by atoms with Gasteiger partial charge in [-0.2, -0.15) is 0 Å². The number of aromatic nitrogens is 1. The predicted molar refractivity (Wildman–Crippen MR) is 124 cm³/mol. The number of nitrogens with one attached hydrogen (secondary N) is 3. The molecular weight excluding hydrogens is 404 g/mol. The summed E-state index contributed by atoms with van der Waals surface area (Å²) in [5, 5.41) is 10.4. The monoisotopic (exact) mass is 428 g/mol. The molecule has 1 aromatic heterocycles. The number of fused-ring (bicyclic) bond motifs is 1. The number of benzene rings is 2. The Labute approximate surface area is 186 Å². The number of amides is 2. The maximum Gasteiger partial charge on any atom is 0.269 e. The van der Waals surface area contributed by atoms with Gasteiger partial charge in [-0.05, 0) is 60.0 Å². The van der Waals surface area contributed by atoms with Crippen molar-refractivity contribution in [3.05, 3.63) is 89.5 Å². The van der Waals surface area contributed by atoms with Crippen LogP contribution in [0.2, 0.25) is 0 Å². The smallest absolute Gasteiger partial charge is 0.269 e. The van der Waals surface area contributed by atoms with Gasteiger partial charge in [-0.1, -0.05) is 18.2 Å². The lowest BCUT2D eigenvalue weighted by atomic mass is 10.0. The Morgan fingerprint density at radius 3 is 2.66 bits per heavy atom. The molecule has 0 radical (unpaired) electrons. The number of likely N-dealkylation sites (N-methyl/N-ethyl adjacent to an activating group) is 1. The standard InChI is InChI=1S/C25H24N4O3/c1-26-17-6-4-7-18(14-17)29-24(30)22-8-3-5-16-13-19(9-10-21(16)22)32-20-11-12-28-23(15-20)25(31)27-2/h3,5-6,8-15,26H,4,7H2,1-2H3,(H,27,31)(H,29,30). The quantitative estimate of drug-likeness (QED) is 0.554. The van der Waals surface area contributed by atoms with Crippen LogP contribution in [0.1, 0.15) is 33.7 Å². The van der Waals surface area contributed by atoms with E-state index in [1.807, 2.05) is 43.5 Å². The van der Waals surface area contributed by atoms with Crippen LogP contribution in [0.25, 0.3) is 10.8 Å². The first-order valence-electron chi connectivity index (χ1n) is 10.4. The lowest BCUT2D eigenvalue weighted by Gasteiger charge is -2.16. The van der Waals surface area contributed by atoms with Crippen LogP contribution in [0.3, 0.4) is 0 Å². The van der Waals surface area contributed by atoms with Gasteiger partial charge in [0.15, 0.2) is 0 Å². The maximum absolute atomic E-state index is 13.0. The first-order chi connectivity index (χ1) is 15.6. The average molecular weight is 428 g/mol. The van der Waals surface area contributed by atoms with Gasteiger partial charge in [0.1, 0.15) is 17.2 Å². The van der Waals surface area contributed by atoms with E-state index in [1.54, 1.807) is 25.2 Å². The number of rotatable bonds is 6. The number of hydrogen-bond acceptors (Lipinski definition) is 5. The number of hydrogen-bond donors (Lipinski definition) is 3. The van der Waals surface area contributed by atoms with Gasteiger partial charge in [0.05, 0.1) is 0 Å². The van der Waals surface area contributed by atoms with Crippen molar-refractivity contribution in [2.75, 3.05) is 14.1 Å². The van der Waals surface area contributed by atoms with Crippen molar-refractivity contribution in [2.45, 2.75) is 12.8 Å². The highest BCUT2D eigenvalue weighted by molar-refractivity contribution is 6.07. The summed E-state index contributed by atoms with van der Waals surface area (Å²) in [4.78, 5) is 28.8. The Balaban J connectivity index is 1.56. The normalized spacial score (nSPS) is 13.1.